The molecule has 0 aromatic heterocycles. The summed E-state index contributed by atoms with van der Waals surface area (Å²) in [7, 11) is 0. The van der Waals surface area contributed by atoms with Gasteiger partial charge in [-0.1, -0.05) is 30.8 Å². The first-order valence-corrected chi connectivity index (χ1v) is 11.6. The van der Waals surface area contributed by atoms with E-state index in [1.807, 2.05) is 36.4 Å². The zero-order chi connectivity index (χ0) is 20.1. The molecule has 2 aromatic rings. The third-order valence-corrected chi connectivity index (χ3v) is 6.62. The van der Waals surface area contributed by atoms with Gasteiger partial charge in [-0.15, -0.1) is 0 Å². The number of aryl methyl sites for hydroxylation is 1. The van der Waals surface area contributed by atoms with E-state index < -0.39 is 0 Å². The van der Waals surface area contributed by atoms with Crippen molar-refractivity contribution in [1.29, 1.82) is 5.26 Å². The Labute approximate surface area is 195 Å². The van der Waals surface area contributed by atoms with Gasteiger partial charge in [0.15, 0.2) is 12.1 Å². The molecule has 2 N–H and O–H groups in total. The van der Waals surface area contributed by atoms with Crippen molar-refractivity contribution in [3.8, 4) is 11.8 Å². The molecule has 28 heavy (non-hydrogen) atoms. The molecule has 1 saturated heterocycles. The molecule has 0 bridgehead atoms. The molecule has 8 heteroatoms. The van der Waals surface area contributed by atoms with Crippen LogP contribution in [-0.2, 0) is 11.2 Å². The molecular weight excluding hydrogens is 600 g/mol. The van der Waals surface area contributed by atoms with E-state index in [0.29, 0.717) is 10.7 Å². The molecule has 1 atom stereocenters. The molecule has 0 radical (unpaired) electrons. The highest BCUT2D eigenvalue weighted by molar-refractivity contribution is 14.1. The van der Waals surface area contributed by atoms with E-state index in [-0.39, 0.29) is 18.0 Å². The molecule has 1 aliphatic rings. The maximum atomic E-state index is 12.4. The Bertz CT molecular complexity index is 932. The zero-order valence-corrected chi connectivity index (χ0v) is 20.1. The van der Waals surface area contributed by atoms with Crippen molar-refractivity contribution in [2.24, 2.45) is 0 Å². The van der Waals surface area contributed by atoms with Crippen molar-refractivity contribution >= 4 is 74.6 Å². The largest absolute Gasteiger partial charge is 0.477 e. The fraction of sp³-hybridized carbons (Fsp3) is 0.200. The van der Waals surface area contributed by atoms with Crippen LogP contribution in [0.15, 0.2) is 41.3 Å². The number of nitriles is 1. The molecule has 0 aliphatic carbocycles. The molecule has 0 saturated carbocycles. The minimum Gasteiger partial charge on any atom is -0.477 e. The summed E-state index contributed by atoms with van der Waals surface area (Å²) in [5, 5.41) is 15.0. The van der Waals surface area contributed by atoms with Crippen molar-refractivity contribution in [3.63, 3.8) is 0 Å². The smallest absolute Gasteiger partial charge is 0.260 e. The third kappa shape index (κ3) is 5.33. The number of thioether (sulfide) groups is 1. The highest BCUT2D eigenvalue weighted by Crippen LogP contribution is 2.33. The van der Waals surface area contributed by atoms with Gasteiger partial charge in [0, 0.05) is 5.69 Å². The van der Waals surface area contributed by atoms with Crippen molar-refractivity contribution in [2.45, 2.75) is 18.8 Å². The van der Waals surface area contributed by atoms with Gasteiger partial charge in [0.05, 0.1) is 12.0 Å². The standard InChI is InChI=1S/C20H17I2N3O2S/c1-2-12-3-5-14(6-4-12)24-20-25-19(26)17(28-20)11-13-9-15(21)18(16(22)10-13)27-8-7-23/h3-6,9-11,20,24H,2,8H2,1H3,(H,25,26)/b17-11-/t20-/m1/s1. The normalized spacial score (nSPS) is 17.3. The maximum Gasteiger partial charge on any atom is 0.260 e. The highest BCUT2D eigenvalue weighted by atomic mass is 127. The summed E-state index contributed by atoms with van der Waals surface area (Å²) in [6, 6.07) is 14.1. The number of nitrogens with zero attached hydrogens (tertiary/aromatic N) is 1. The molecule has 1 aliphatic heterocycles. The predicted octanol–water partition coefficient (Wildman–Crippen LogP) is 4.96. The Morgan fingerprint density at radius 1 is 1.29 bits per heavy atom. The Kier molecular flexibility index (Phi) is 7.48. The van der Waals surface area contributed by atoms with E-state index in [4.69, 9.17) is 10.00 Å². The van der Waals surface area contributed by atoms with E-state index in [2.05, 4.69) is 74.9 Å². The number of benzene rings is 2. The first-order chi connectivity index (χ1) is 13.5. The summed E-state index contributed by atoms with van der Waals surface area (Å²) < 4.78 is 7.28. The molecule has 0 unspecified atom stereocenters. The molecule has 3 rings (SSSR count). The average Bonchev–Trinajstić information content (AvgIpc) is 3.00. The lowest BCUT2D eigenvalue weighted by Crippen LogP contribution is -2.30. The monoisotopic (exact) mass is 617 g/mol. The van der Waals surface area contributed by atoms with E-state index in [9.17, 15) is 4.79 Å². The SMILES string of the molecule is CCc1ccc(N[C@@H]2NC(=O)/C(=C/c3cc(I)c(OCC#N)c(I)c3)S2)cc1. The minimum absolute atomic E-state index is 0.0112. The van der Waals surface area contributed by atoms with E-state index in [1.54, 1.807) is 0 Å². The number of rotatable bonds is 6. The Morgan fingerprint density at radius 2 is 1.96 bits per heavy atom. The summed E-state index contributed by atoms with van der Waals surface area (Å²) in [6.07, 6.45) is 2.88. The number of ether oxygens (including phenoxy) is 1. The van der Waals surface area contributed by atoms with Crippen LogP contribution in [0.3, 0.4) is 0 Å². The van der Waals surface area contributed by atoms with Crippen LogP contribution in [0.5, 0.6) is 5.75 Å². The Balaban J connectivity index is 1.72. The lowest BCUT2D eigenvalue weighted by Gasteiger charge is -2.13. The summed E-state index contributed by atoms with van der Waals surface area (Å²) in [5.74, 6) is 0.603. The van der Waals surface area contributed by atoms with Gasteiger partial charge in [0.1, 0.15) is 11.8 Å². The minimum atomic E-state index is -0.206. The lowest BCUT2D eigenvalue weighted by molar-refractivity contribution is -0.116. The molecular formula is C20H17I2N3O2S. The second-order valence-corrected chi connectivity index (χ2v) is 9.41. The van der Waals surface area contributed by atoms with Crippen LogP contribution in [0.4, 0.5) is 5.69 Å². The summed E-state index contributed by atoms with van der Waals surface area (Å²) in [6.45, 7) is 2.13. The van der Waals surface area contributed by atoms with E-state index in [0.717, 1.165) is 24.8 Å². The summed E-state index contributed by atoms with van der Waals surface area (Å²) in [4.78, 5) is 13.0. The van der Waals surface area contributed by atoms with Crippen LogP contribution in [0, 0.1) is 18.5 Å². The number of amides is 1. The lowest BCUT2D eigenvalue weighted by atomic mass is 10.1. The Hall–Kier alpha value is -1.45. The van der Waals surface area contributed by atoms with Gasteiger partial charge in [0.25, 0.3) is 5.91 Å². The predicted molar refractivity (Wildman–Crippen MR) is 130 cm³/mol. The van der Waals surface area contributed by atoms with Crippen molar-refractivity contribution in [1.82, 2.24) is 5.32 Å². The number of carbonyl (C=O) groups excluding carboxylic acids is 1. The first kappa shape index (κ1) is 21.3. The number of nitrogens with one attached hydrogen (secondary N) is 2. The molecule has 0 spiro atoms. The van der Waals surface area contributed by atoms with Gasteiger partial charge in [-0.25, -0.2) is 0 Å². The Morgan fingerprint density at radius 3 is 2.57 bits per heavy atom. The number of carbonyl (C=O) groups is 1. The second kappa shape index (κ2) is 9.84. The molecule has 144 valence electrons. The number of hydrogen-bond donors (Lipinski definition) is 2. The maximum absolute atomic E-state index is 12.4. The number of anilines is 1. The fourth-order valence-electron chi connectivity index (χ4n) is 2.61. The highest BCUT2D eigenvalue weighted by Gasteiger charge is 2.27. The molecule has 5 nitrogen and oxygen atoms in total. The molecule has 2 aromatic carbocycles. The third-order valence-electron chi connectivity index (χ3n) is 3.99. The van der Waals surface area contributed by atoms with Crippen LogP contribution in [0.1, 0.15) is 18.1 Å². The van der Waals surface area contributed by atoms with Gasteiger partial charge in [-0.05, 0) is 93.1 Å². The van der Waals surface area contributed by atoms with Gasteiger partial charge >= 0.3 is 0 Å². The average molecular weight is 617 g/mol. The number of hydrogen-bond acceptors (Lipinski definition) is 5. The van der Waals surface area contributed by atoms with Crippen LogP contribution >= 0.6 is 56.9 Å². The zero-order valence-electron chi connectivity index (χ0n) is 15.0. The van der Waals surface area contributed by atoms with E-state index in [1.165, 1.54) is 17.3 Å². The van der Waals surface area contributed by atoms with Crippen molar-refractivity contribution in [2.75, 3.05) is 11.9 Å². The van der Waals surface area contributed by atoms with Crippen LogP contribution in [0.2, 0.25) is 0 Å². The molecule has 1 fully saturated rings. The molecule has 1 heterocycles. The van der Waals surface area contributed by atoms with Crippen molar-refractivity contribution in [3.05, 3.63) is 59.6 Å². The van der Waals surface area contributed by atoms with Crippen LogP contribution in [0.25, 0.3) is 6.08 Å². The van der Waals surface area contributed by atoms with Gasteiger partial charge in [-0.2, -0.15) is 5.26 Å². The first-order valence-electron chi connectivity index (χ1n) is 8.53. The topological polar surface area (TPSA) is 74.2 Å². The van der Waals surface area contributed by atoms with Gasteiger partial charge in [0.2, 0.25) is 0 Å². The quantitative estimate of drug-likeness (QED) is 0.355. The fourth-order valence-corrected chi connectivity index (χ4v) is 5.72. The molecule has 1 amide bonds. The van der Waals surface area contributed by atoms with Crippen LogP contribution in [-0.4, -0.2) is 18.0 Å². The van der Waals surface area contributed by atoms with Gasteiger partial charge in [-0.3, -0.25) is 4.79 Å². The number of halogens is 2. The van der Waals surface area contributed by atoms with Crippen molar-refractivity contribution < 1.29 is 9.53 Å². The summed E-state index contributed by atoms with van der Waals surface area (Å²) in [5.41, 5.74) is 2.96. The van der Waals surface area contributed by atoms with Gasteiger partial charge < -0.3 is 15.4 Å². The second-order valence-electron chi connectivity index (χ2n) is 5.94. The van der Waals surface area contributed by atoms with E-state index >= 15 is 0 Å². The van der Waals surface area contributed by atoms with Crippen LogP contribution < -0.4 is 15.4 Å². The summed E-state index contributed by atoms with van der Waals surface area (Å²) >= 11 is 5.82.